The average molecular weight is 227 g/mol. The van der Waals surface area contributed by atoms with E-state index in [4.69, 9.17) is 0 Å². The Kier molecular flexibility index (Phi) is 5.83. The molecule has 0 aliphatic carbocycles. The van der Waals surface area contributed by atoms with E-state index in [1.54, 1.807) is 11.3 Å². The lowest BCUT2D eigenvalue weighted by atomic mass is 10.3. The molecule has 0 fully saturated rings. The summed E-state index contributed by atoms with van der Waals surface area (Å²) in [6.45, 7) is 9.44. The standard InChI is InChI=1S/C11H21N3S/c1-4-9(2)13-6-5-12-7-11-8-14-10(3)15-11/h8-9,12-13H,4-7H2,1-3H3. The summed E-state index contributed by atoms with van der Waals surface area (Å²) in [6.07, 6.45) is 3.14. The molecule has 1 heterocycles. The molecule has 1 unspecified atom stereocenters. The summed E-state index contributed by atoms with van der Waals surface area (Å²) in [5.74, 6) is 0. The lowest BCUT2D eigenvalue weighted by Gasteiger charge is -2.10. The zero-order valence-corrected chi connectivity index (χ0v) is 10.7. The topological polar surface area (TPSA) is 37.0 Å². The van der Waals surface area contributed by atoms with E-state index >= 15 is 0 Å². The van der Waals surface area contributed by atoms with Gasteiger partial charge in [-0.05, 0) is 20.3 Å². The maximum Gasteiger partial charge on any atom is 0.0897 e. The molecule has 1 aromatic rings. The van der Waals surface area contributed by atoms with Gasteiger partial charge in [0.1, 0.15) is 0 Å². The summed E-state index contributed by atoms with van der Waals surface area (Å²) in [7, 11) is 0. The number of rotatable bonds is 7. The molecule has 0 radical (unpaired) electrons. The second-order valence-corrected chi connectivity index (χ2v) is 5.11. The van der Waals surface area contributed by atoms with Gasteiger partial charge in [0.15, 0.2) is 0 Å². The van der Waals surface area contributed by atoms with Gasteiger partial charge in [0, 0.05) is 36.8 Å². The molecule has 0 aliphatic rings. The molecule has 4 heteroatoms. The molecule has 0 bridgehead atoms. The number of nitrogens with one attached hydrogen (secondary N) is 2. The molecule has 15 heavy (non-hydrogen) atoms. The minimum Gasteiger partial charge on any atom is -0.313 e. The van der Waals surface area contributed by atoms with Gasteiger partial charge in [-0.3, -0.25) is 0 Å². The Balaban J connectivity index is 2.02. The molecule has 0 saturated carbocycles. The molecule has 1 rings (SSSR count). The van der Waals surface area contributed by atoms with Gasteiger partial charge in [-0.25, -0.2) is 4.98 Å². The molecule has 0 spiro atoms. The summed E-state index contributed by atoms with van der Waals surface area (Å²) < 4.78 is 0. The van der Waals surface area contributed by atoms with Crippen molar-refractivity contribution in [2.45, 2.75) is 39.8 Å². The Hall–Kier alpha value is -0.450. The normalized spacial score (nSPS) is 13.0. The third-order valence-corrected chi connectivity index (χ3v) is 3.29. The number of thiazole rings is 1. The van der Waals surface area contributed by atoms with Gasteiger partial charge in [-0.1, -0.05) is 6.92 Å². The first-order valence-corrected chi connectivity index (χ1v) is 6.39. The molecule has 0 aliphatic heterocycles. The Morgan fingerprint density at radius 1 is 1.47 bits per heavy atom. The maximum atomic E-state index is 4.22. The minimum absolute atomic E-state index is 0.623. The number of aryl methyl sites for hydroxylation is 1. The maximum absolute atomic E-state index is 4.22. The monoisotopic (exact) mass is 227 g/mol. The zero-order valence-electron chi connectivity index (χ0n) is 9.84. The highest BCUT2D eigenvalue weighted by Gasteiger charge is 1.98. The van der Waals surface area contributed by atoms with Gasteiger partial charge < -0.3 is 10.6 Å². The summed E-state index contributed by atoms with van der Waals surface area (Å²) in [6, 6.07) is 0.623. The van der Waals surface area contributed by atoms with Crippen LogP contribution in [0, 0.1) is 6.92 Å². The number of aromatic nitrogens is 1. The first-order valence-electron chi connectivity index (χ1n) is 5.57. The highest BCUT2D eigenvalue weighted by atomic mass is 32.1. The Labute approximate surface area is 96.3 Å². The molecule has 1 atom stereocenters. The molecular formula is C11H21N3S. The van der Waals surface area contributed by atoms with Crippen molar-refractivity contribution in [2.75, 3.05) is 13.1 Å². The molecule has 0 saturated heterocycles. The van der Waals surface area contributed by atoms with Crippen LogP contribution in [0.4, 0.5) is 0 Å². The van der Waals surface area contributed by atoms with Gasteiger partial charge in [0.25, 0.3) is 0 Å². The first-order chi connectivity index (χ1) is 7.22. The zero-order chi connectivity index (χ0) is 11.1. The number of hydrogen-bond acceptors (Lipinski definition) is 4. The number of nitrogens with zero attached hydrogens (tertiary/aromatic N) is 1. The van der Waals surface area contributed by atoms with Crippen molar-refractivity contribution < 1.29 is 0 Å². The third kappa shape index (κ3) is 5.25. The van der Waals surface area contributed by atoms with Crippen molar-refractivity contribution in [3.8, 4) is 0 Å². The van der Waals surface area contributed by atoms with Crippen LogP contribution >= 0.6 is 11.3 Å². The third-order valence-electron chi connectivity index (χ3n) is 2.38. The SMILES string of the molecule is CCC(C)NCCNCc1cnc(C)s1. The van der Waals surface area contributed by atoms with Crippen molar-refractivity contribution in [1.29, 1.82) is 0 Å². The fraction of sp³-hybridized carbons (Fsp3) is 0.727. The van der Waals surface area contributed by atoms with Crippen LogP contribution in [0.25, 0.3) is 0 Å². The van der Waals surface area contributed by atoms with Gasteiger partial charge >= 0.3 is 0 Å². The Bertz CT molecular complexity index is 273. The van der Waals surface area contributed by atoms with E-state index in [-0.39, 0.29) is 0 Å². The van der Waals surface area contributed by atoms with Crippen LogP contribution < -0.4 is 10.6 Å². The highest BCUT2D eigenvalue weighted by Crippen LogP contribution is 2.10. The van der Waals surface area contributed by atoms with Crippen LogP contribution in [0.3, 0.4) is 0 Å². The number of hydrogen-bond donors (Lipinski definition) is 2. The quantitative estimate of drug-likeness (QED) is 0.699. The summed E-state index contributed by atoms with van der Waals surface area (Å²) in [5, 5.41) is 7.99. The first kappa shape index (κ1) is 12.6. The van der Waals surface area contributed by atoms with E-state index in [1.807, 2.05) is 13.1 Å². The van der Waals surface area contributed by atoms with Crippen LogP contribution in [-0.4, -0.2) is 24.1 Å². The summed E-state index contributed by atoms with van der Waals surface area (Å²) in [4.78, 5) is 5.54. The van der Waals surface area contributed by atoms with Gasteiger partial charge in [-0.15, -0.1) is 11.3 Å². The Morgan fingerprint density at radius 3 is 2.87 bits per heavy atom. The van der Waals surface area contributed by atoms with Crippen molar-refractivity contribution in [3.63, 3.8) is 0 Å². The van der Waals surface area contributed by atoms with Crippen molar-refractivity contribution in [2.24, 2.45) is 0 Å². The summed E-state index contributed by atoms with van der Waals surface area (Å²) in [5.41, 5.74) is 0. The second-order valence-electron chi connectivity index (χ2n) is 3.79. The predicted octanol–water partition coefficient (Wildman–Crippen LogP) is 1.93. The minimum atomic E-state index is 0.623. The van der Waals surface area contributed by atoms with E-state index in [2.05, 4.69) is 29.5 Å². The van der Waals surface area contributed by atoms with E-state index in [9.17, 15) is 0 Å². The second kappa shape index (κ2) is 6.93. The van der Waals surface area contributed by atoms with E-state index < -0.39 is 0 Å². The van der Waals surface area contributed by atoms with Crippen LogP contribution in [0.1, 0.15) is 30.2 Å². The molecule has 0 aromatic carbocycles. The fourth-order valence-corrected chi connectivity index (χ4v) is 2.01. The predicted molar refractivity (Wildman–Crippen MR) is 66.3 cm³/mol. The molecule has 2 N–H and O–H groups in total. The van der Waals surface area contributed by atoms with Gasteiger partial charge in [-0.2, -0.15) is 0 Å². The van der Waals surface area contributed by atoms with Crippen LogP contribution in [0.2, 0.25) is 0 Å². The Morgan fingerprint density at radius 2 is 2.27 bits per heavy atom. The molecule has 3 nitrogen and oxygen atoms in total. The van der Waals surface area contributed by atoms with Crippen LogP contribution in [0.5, 0.6) is 0 Å². The molecule has 0 amide bonds. The van der Waals surface area contributed by atoms with Crippen molar-refractivity contribution >= 4 is 11.3 Å². The van der Waals surface area contributed by atoms with Gasteiger partial charge in [0.05, 0.1) is 5.01 Å². The van der Waals surface area contributed by atoms with E-state index in [0.29, 0.717) is 6.04 Å². The lowest BCUT2D eigenvalue weighted by Crippen LogP contribution is -2.32. The smallest absolute Gasteiger partial charge is 0.0897 e. The fourth-order valence-electron chi connectivity index (χ4n) is 1.25. The van der Waals surface area contributed by atoms with Crippen molar-refractivity contribution in [3.05, 3.63) is 16.1 Å². The van der Waals surface area contributed by atoms with Crippen LogP contribution in [-0.2, 0) is 6.54 Å². The molecular weight excluding hydrogens is 206 g/mol. The molecule has 1 aromatic heterocycles. The van der Waals surface area contributed by atoms with Crippen LogP contribution in [0.15, 0.2) is 6.20 Å². The van der Waals surface area contributed by atoms with Gasteiger partial charge in [0.2, 0.25) is 0 Å². The lowest BCUT2D eigenvalue weighted by molar-refractivity contribution is 0.517. The van der Waals surface area contributed by atoms with E-state index in [0.717, 1.165) is 24.6 Å². The molecule has 86 valence electrons. The van der Waals surface area contributed by atoms with E-state index in [1.165, 1.54) is 11.3 Å². The average Bonchev–Trinajstić information content (AvgIpc) is 2.63. The largest absolute Gasteiger partial charge is 0.313 e. The highest BCUT2D eigenvalue weighted by molar-refractivity contribution is 7.11. The summed E-state index contributed by atoms with van der Waals surface area (Å²) >= 11 is 1.76. The van der Waals surface area contributed by atoms with Crippen molar-refractivity contribution in [1.82, 2.24) is 15.6 Å².